The third-order valence-electron chi connectivity index (χ3n) is 6.44. The van der Waals surface area contributed by atoms with Gasteiger partial charge in [-0.15, -0.1) is 0 Å². The summed E-state index contributed by atoms with van der Waals surface area (Å²) in [5.41, 5.74) is 4.40. The van der Waals surface area contributed by atoms with Crippen molar-refractivity contribution < 1.29 is 24.2 Å². The van der Waals surface area contributed by atoms with E-state index in [1.54, 1.807) is 4.90 Å². The molecule has 1 atom stereocenters. The van der Waals surface area contributed by atoms with Gasteiger partial charge in [-0.3, -0.25) is 9.59 Å². The topological polar surface area (TPSA) is 99.2 Å². The van der Waals surface area contributed by atoms with Crippen molar-refractivity contribution in [3.8, 4) is 11.1 Å². The van der Waals surface area contributed by atoms with Crippen molar-refractivity contribution in [2.24, 2.45) is 0 Å². The average Bonchev–Trinajstić information content (AvgIpc) is 3.15. The zero-order valence-electron chi connectivity index (χ0n) is 18.7. The number of hydrogen-bond donors (Lipinski definition) is 2. The molecule has 1 aliphatic heterocycles. The van der Waals surface area contributed by atoms with Crippen LogP contribution in [0.2, 0.25) is 0 Å². The molecule has 1 saturated heterocycles. The van der Waals surface area contributed by atoms with Crippen molar-refractivity contribution >= 4 is 18.0 Å². The van der Waals surface area contributed by atoms with Crippen LogP contribution in [-0.2, 0) is 14.3 Å². The lowest BCUT2D eigenvalue weighted by Gasteiger charge is -2.35. The molecule has 0 saturated carbocycles. The van der Waals surface area contributed by atoms with E-state index in [1.807, 2.05) is 48.5 Å². The first kappa shape index (κ1) is 22.8. The quantitative estimate of drug-likeness (QED) is 0.671. The highest BCUT2D eigenvalue weighted by atomic mass is 16.5. The van der Waals surface area contributed by atoms with Gasteiger partial charge in [0, 0.05) is 32.1 Å². The van der Waals surface area contributed by atoms with Crippen molar-refractivity contribution in [2.75, 3.05) is 39.3 Å². The highest BCUT2D eigenvalue weighted by Crippen LogP contribution is 2.44. The van der Waals surface area contributed by atoms with E-state index >= 15 is 0 Å². The average molecular weight is 452 g/mol. The molecule has 8 nitrogen and oxygen atoms in total. The summed E-state index contributed by atoms with van der Waals surface area (Å²) in [6.07, 6.45) is -1.28. The Hall–Kier alpha value is -3.39. The van der Waals surface area contributed by atoms with Crippen LogP contribution in [0.25, 0.3) is 11.1 Å². The van der Waals surface area contributed by atoms with Crippen LogP contribution in [0, 0.1) is 0 Å². The third kappa shape index (κ3) is 5.01. The molecule has 1 aliphatic carbocycles. The number of amides is 2. The Morgan fingerprint density at radius 1 is 1.00 bits per heavy atom. The number of rotatable bonds is 7. The summed E-state index contributed by atoms with van der Waals surface area (Å²) in [6.45, 7) is 5.54. The Bertz CT molecular complexity index is 987. The monoisotopic (exact) mass is 451 g/mol. The van der Waals surface area contributed by atoms with Crippen LogP contribution in [0.4, 0.5) is 4.79 Å². The number of carboxylic acids is 1. The highest BCUT2D eigenvalue weighted by molar-refractivity contribution is 5.89. The Morgan fingerprint density at radius 3 is 2.12 bits per heavy atom. The van der Waals surface area contributed by atoms with E-state index < -0.39 is 24.5 Å². The largest absolute Gasteiger partial charge is 0.481 e. The number of alkyl carbamates (subject to hydrolysis) is 1. The molecule has 2 aliphatic rings. The lowest BCUT2D eigenvalue weighted by Crippen LogP contribution is -2.55. The van der Waals surface area contributed by atoms with Gasteiger partial charge in [-0.05, 0) is 28.8 Å². The number of carbonyl (C=O) groups excluding carboxylic acids is 2. The van der Waals surface area contributed by atoms with Crippen LogP contribution in [0.3, 0.4) is 0 Å². The number of carbonyl (C=O) groups is 3. The Balaban J connectivity index is 1.40. The first-order chi connectivity index (χ1) is 16.0. The summed E-state index contributed by atoms with van der Waals surface area (Å²) >= 11 is 0. The van der Waals surface area contributed by atoms with E-state index in [0.717, 1.165) is 41.9 Å². The lowest BCUT2D eigenvalue weighted by molar-refractivity contribution is -0.143. The minimum absolute atomic E-state index is 0.100. The van der Waals surface area contributed by atoms with Gasteiger partial charge in [-0.2, -0.15) is 0 Å². The Kier molecular flexibility index (Phi) is 6.93. The maximum Gasteiger partial charge on any atom is 0.407 e. The molecule has 1 unspecified atom stereocenters. The van der Waals surface area contributed by atoms with Gasteiger partial charge in [0.25, 0.3) is 0 Å². The molecule has 1 fully saturated rings. The smallest absolute Gasteiger partial charge is 0.407 e. The van der Waals surface area contributed by atoms with Crippen LogP contribution in [0.1, 0.15) is 30.4 Å². The maximum atomic E-state index is 12.9. The second kappa shape index (κ2) is 10.0. The number of carboxylic acid groups (broad SMARTS) is 1. The second-order valence-corrected chi connectivity index (χ2v) is 8.38. The molecule has 2 amide bonds. The minimum Gasteiger partial charge on any atom is -0.481 e. The standard InChI is InChI=1S/C25H29N3O5/c1-2-27-11-13-28(14-12-27)24(31)22(15-23(29)30)26-25(32)33-16-21-19-9-5-3-7-17(19)18-8-4-6-10-20(18)21/h3-10,21-22H,2,11-16H2,1H3,(H,26,32)(H,29,30). The van der Waals surface area contributed by atoms with Gasteiger partial charge in [0.1, 0.15) is 12.6 Å². The second-order valence-electron chi connectivity index (χ2n) is 8.38. The Labute approximate surface area is 193 Å². The fourth-order valence-electron chi connectivity index (χ4n) is 4.66. The predicted molar refractivity (Wildman–Crippen MR) is 123 cm³/mol. The fraction of sp³-hybridized carbons (Fsp3) is 0.400. The molecule has 0 aromatic heterocycles. The van der Waals surface area contributed by atoms with Crippen molar-refractivity contribution in [3.05, 3.63) is 59.7 Å². The number of ether oxygens (including phenoxy) is 1. The molecular weight excluding hydrogens is 422 g/mol. The van der Waals surface area contributed by atoms with Crippen LogP contribution >= 0.6 is 0 Å². The van der Waals surface area contributed by atoms with Gasteiger partial charge >= 0.3 is 12.1 Å². The van der Waals surface area contributed by atoms with E-state index in [4.69, 9.17) is 4.74 Å². The number of nitrogens with one attached hydrogen (secondary N) is 1. The molecule has 33 heavy (non-hydrogen) atoms. The van der Waals surface area contributed by atoms with Gasteiger partial charge in [-0.1, -0.05) is 55.5 Å². The summed E-state index contributed by atoms with van der Waals surface area (Å²) in [6, 6.07) is 14.9. The van der Waals surface area contributed by atoms with Crippen LogP contribution in [-0.4, -0.2) is 78.2 Å². The van der Waals surface area contributed by atoms with Crippen LogP contribution < -0.4 is 5.32 Å². The van der Waals surface area contributed by atoms with Gasteiger partial charge in [0.05, 0.1) is 6.42 Å². The fourth-order valence-corrected chi connectivity index (χ4v) is 4.66. The van der Waals surface area contributed by atoms with E-state index in [-0.39, 0.29) is 18.4 Å². The summed E-state index contributed by atoms with van der Waals surface area (Å²) in [5, 5.41) is 11.8. The van der Waals surface area contributed by atoms with Crippen molar-refractivity contribution in [2.45, 2.75) is 25.3 Å². The summed E-state index contributed by atoms with van der Waals surface area (Å²) < 4.78 is 5.50. The van der Waals surface area contributed by atoms with E-state index in [9.17, 15) is 19.5 Å². The van der Waals surface area contributed by atoms with Crippen molar-refractivity contribution in [3.63, 3.8) is 0 Å². The maximum absolute atomic E-state index is 12.9. The number of fused-ring (bicyclic) bond motifs is 3. The number of nitrogens with zero attached hydrogens (tertiary/aromatic N) is 2. The Morgan fingerprint density at radius 2 is 1.58 bits per heavy atom. The predicted octanol–water partition coefficient (Wildman–Crippen LogP) is 2.53. The molecule has 0 radical (unpaired) electrons. The van der Waals surface area contributed by atoms with Crippen molar-refractivity contribution in [1.82, 2.24) is 15.1 Å². The van der Waals surface area contributed by atoms with Crippen molar-refractivity contribution in [1.29, 1.82) is 0 Å². The first-order valence-electron chi connectivity index (χ1n) is 11.3. The number of piperazine rings is 1. The normalized spacial score (nSPS) is 16.6. The molecule has 4 rings (SSSR count). The molecule has 2 aromatic rings. The lowest BCUT2D eigenvalue weighted by atomic mass is 9.98. The zero-order chi connectivity index (χ0) is 23.4. The molecule has 8 heteroatoms. The number of hydrogen-bond acceptors (Lipinski definition) is 5. The number of aliphatic carboxylic acids is 1. The summed E-state index contributed by atoms with van der Waals surface area (Å²) in [7, 11) is 0. The molecular formula is C25H29N3O5. The van der Waals surface area contributed by atoms with E-state index in [2.05, 4.69) is 17.1 Å². The van der Waals surface area contributed by atoms with Crippen LogP contribution in [0.15, 0.2) is 48.5 Å². The van der Waals surface area contributed by atoms with Gasteiger partial charge in [0.15, 0.2) is 0 Å². The third-order valence-corrected chi connectivity index (χ3v) is 6.44. The SMILES string of the molecule is CCN1CCN(C(=O)C(CC(=O)O)NC(=O)OCC2c3ccccc3-c3ccccc32)CC1. The summed E-state index contributed by atoms with van der Waals surface area (Å²) in [4.78, 5) is 40.7. The van der Waals surface area contributed by atoms with Crippen LogP contribution in [0.5, 0.6) is 0 Å². The van der Waals surface area contributed by atoms with Gasteiger partial charge in [-0.25, -0.2) is 4.79 Å². The highest BCUT2D eigenvalue weighted by Gasteiger charge is 2.32. The first-order valence-corrected chi connectivity index (χ1v) is 11.3. The van der Waals surface area contributed by atoms with E-state index in [1.165, 1.54) is 0 Å². The molecule has 0 spiro atoms. The molecule has 2 aromatic carbocycles. The molecule has 174 valence electrons. The minimum atomic E-state index is -1.16. The molecule has 0 bridgehead atoms. The number of likely N-dealkylation sites (N-methyl/N-ethyl adjacent to an activating group) is 1. The summed E-state index contributed by atoms with van der Waals surface area (Å²) in [5.74, 6) is -1.65. The van der Waals surface area contributed by atoms with Gasteiger partial charge < -0.3 is 25.0 Å². The van der Waals surface area contributed by atoms with E-state index in [0.29, 0.717) is 13.1 Å². The van der Waals surface area contributed by atoms with Gasteiger partial charge in [0.2, 0.25) is 5.91 Å². The molecule has 2 N–H and O–H groups in total. The number of benzene rings is 2. The zero-order valence-corrected chi connectivity index (χ0v) is 18.7. The molecule has 1 heterocycles.